The average molecular weight is 485 g/mol. The van der Waals surface area contributed by atoms with Crippen LogP contribution in [0.1, 0.15) is 28.1 Å². The summed E-state index contributed by atoms with van der Waals surface area (Å²) in [6.07, 6.45) is 2.75. The van der Waals surface area contributed by atoms with Gasteiger partial charge >= 0.3 is 0 Å². The van der Waals surface area contributed by atoms with Gasteiger partial charge in [0, 0.05) is 17.9 Å². The molecule has 0 N–H and O–H groups in total. The van der Waals surface area contributed by atoms with Gasteiger partial charge in [-0.3, -0.25) is 14.5 Å². The maximum absolute atomic E-state index is 12.9. The molecule has 4 rings (SSSR count). The van der Waals surface area contributed by atoms with Gasteiger partial charge in [0.2, 0.25) is 0 Å². The Hall–Kier alpha value is -2.47. The Morgan fingerprint density at radius 1 is 0.938 bits per heavy atom. The molecule has 0 bridgehead atoms. The van der Waals surface area contributed by atoms with E-state index >= 15 is 0 Å². The fourth-order valence-corrected chi connectivity index (χ4v) is 4.95. The lowest BCUT2D eigenvalue weighted by Crippen LogP contribution is -2.27. The van der Waals surface area contributed by atoms with Crippen LogP contribution in [-0.2, 0) is 24.3 Å². The number of nitrogens with zero attached hydrogens (tertiary/aromatic N) is 2. The summed E-state index contributed by atoms with van der Waals surface area (Å²) in [6.45, 7) is 5.12. The minimum atomic E-state index is -0.292. The Kier molecular flexibility index (Phi) is 6.79. The van der Waals surface area contributed by atoms with Crippen LogP contribution in [0.5, 0.6) is 0 Å². The summed E-state index contributed by atoms with van der Waals surface area (Å²) < 4.78 is 2.25. The lowest BCUT2D eigenvalue weighted by atomic mass is 10.1. The number of thioether (sulfide) groups is 1. The van der Waals surface area contributed by atoms with Crippen LogP contribution in [0.15, 0.2) is 59.5 Å². The number of carbonyl (C=O) groups is 2. The molecule has 1 aliphatic rings. The molecule has 1 saturated heterocycles. The number of halogens is 2. The Labute approximate surface area is 201 Å². The van der Waals surface area contributed by atoms with Crippen molar-refractivity contribution < 1.29 is 9.59 Å². The lowest BCUT2D eigenvalue weighted by molar-refractivity contribution is -0.123. The second kappa shape index (κ2) is 9.57. The minimum Gasteiger partial charge on any atom is -0.348 e. The van der Waals surface area contributed by atoms with E-state index in [1.54, 1.807) is 18.2 Å². The summed E-state index contributed by atoms with van der Waals surface area (Å²) in [7, 11) is 0. The van der Waals surface area contributed by atoms with E-state index in [0.29, 0.717) is 15.0 Å². The van der Waals surface area contributed by atoms with E-state index < -0.39 is 0 Å². The topological polar surface area (TPSA) is 42.3 Å². The van der Waals surface area contributed by atoms with Crippen molar-refractivity contribution in [3.05, 3.63) is 97.6 Å². The Balaban J connectivity index is 1.51. The molecule has 2 amide bonds. The maximum atomic E-state index is 12.9. The smallest absolute Gasteiger partial charge is 0.293 e. The predicted molar refractivity (Wildman–Crippen MR) is 132 cm³/mol. The van der Waals surface area contributed by atoms with E-state index in [4.69, 9.17) is 23.2 Å². The third kappa shape index (κ3) is 4.80. The first-order valence-corrected chi connectivity index (χ1v) is 11.8. The average Bonchev–Trinajstić information content (AvgIpc) is 3.19. The van der Waals surface area contributed by atoms with Crippen molar-refractivity contribution in [3.8, 4) is 0 Å². The van der Waals surface area contributed by atoms with Crippen molar-refractivity contribution in [2.24, 2.45) is 0 Å². The summed E-state index contributed by atoms with van der Waals surface area (Å²) in [5, 5.41) is 0.548. The molecule has 3 aromatic rings. The number of aromatic nitrogens is 1. The zero-order valence-electron chi connectivity index (χ0n) is 17.8. The zero-order valence-corrected chi connectivity index (χ0v) is 20.1. The molecule has 2 aromatic carbocycles. The molecule has 4 nitrogen and oxygen atoms in total. The van der Waals surface area contributed by atoms with Crippen molar-refractivity contribution in [1.29, 1.82) is 0 Å². The van der Waals surface area contributed by atoms with Crippen molar-refractivity contribution in [1.82, 2.24) is 9.47 Å². The van der Waals surface area contributed by atoms with Gasteiger partial charge in [-0.05, 0) is 73.0 Å². The number of hydrogen-bond acceptors (Lipinski definition) is 3. The second-order valence-electron chi connectivity index (χ2n) is 7.73. The standard InChI is InChI=1S/C25H22Cl2N2O2S/c1-16-12-20(17(2)28(16)11-10-18-6-4-3-5-7-18)14-23-24(30)29(25(31)32-23)15-19-8-9-21(26)22(27)13-19/h3-9,12-14H,10-11,15H2,1-2H3/b23-14-. The van der Waals surface area contributed by atoms with Gasteiger partial charge in [-0.2, -0.15) is 0 Å². The van der Waals surface area contributed by atoms with Crippen molar-refractivity contribution in [2.45, 2.75) is 33.4 Å². The molecule has 32 heavy (non-hydrogen) atoms. The molecule has 1 fully saturated rings. The van der Waals surface area contributed by atoms with Gasteiger partial charge in [0.05, 0.1) is 21.5 Å². The van der Waals surface area contributed by atoms with Crippen LogP contribution in [-0.4, -0.2) is 20.6 Å². The molecule has 0 radical (unpaired) electrons. The highest BCUT2D eigenvalue weighted by Crippen LogP contribution is 2.35. The minimum absolute atomic E-state index is 0.162. The first-order chi connectivity index (χ1) is 15.3. The Morgan fingerprint density at radius 3 is 2.41 bits per heavy atom. The maximum Gasteiger partial charge on any atom is 0.293 e. The number of rotatable bonds is 6. The summed E-state index contributed by atoms with van der Waals surface area (Å²) in [5.41, 5.74) is 5.19. The fourth-order valence-electron chi connectivity index (χ4n) is 3.80. The number of aryl methyl sites for hydroxylation is 2. The number of amides is 2. The van der Waals surface area contributed by atoms with Gasteiger partial charge < -0.3 is 4.57 Å². The molecule has 1 aliphatic heterocycles. The number of benzene rings is 2. The summed E-state index contributed by atoms with van der Waals surface area (Å²) in [4.78, 5) is 27.1. The molecular weight excluding hydrogens is 463 g/mol. The third-order valence-corrected chi connectivity index (χ3v) is 7.21. The van der Waals surface area contributed by atoms with E-state index in [9.17, 15) is 9.59 Å². The normalized spacial score (nSPS) is 15.2. The Morgan fingerprint density at radius 2 is 1.69 bits per heavy atom. The highest BCUT2D eigenvalue weighted by atomic mass is 35.5. The van der Waals surface area contributed by atoms with Gasteiger partial charge in [0.15, 0.2) is 0 Å². The van der Waals surface area contributed by atoms with Gasteiger partial charge in [-0.1, -0.05) is 59.6 Å². The van der Waals surface area contributed by atoms with E-state index in [1.165, 1.54) is 10.5 Å². The number of hydrogen-bond donors (Lipinski definition) is 0. The molecule has 0 atom stereocenters. The summed E-state index contributed by atoms with van der Waals surface area (Å²) in [5.74, 6) is -0.292. The molecule has 0 aliphatic carbocycles. The molecule has 164 valence electrons. The fraction of sp³-hybridized carbons (Fsp3) is 0.200. The second-order valence-corrected chi connectivity index (χ2v) is 9.54. The Bertz CT molecular complexity index is 1220. The number of carbonyl (C=O) groups excluding carboxylic acids is 2. The van der Waals surface area contributed by atoms with Crippen molar-refractivity contribution >= 4 is 52.2 Å². The van der Waals surface area contributed by atoms with Crippen LogP contribution in [0.25, 0.3) is 6.08 Å². The molecular formula is C25H22Cl2N2O2S. The summed E-state index contributed by atoms with van der Waals surface area (Å²) in [6, 6.07) is 17.5. The highest BCUT2D eigenvalue weighted by molar-refractivity contribution is 8.18. The van der Waals surface area contributed by atoms with E-state index in [1.807, 2.05) is 31.2 Å². The highest BCUT2D eigenvalue weighted by Gasteiger charge is 2.35. The molecule has 1 aromatic heterocycles. The molecule has 0 unspecified atom stereocenters. The van der Waals surface area contributed by atoms with Crippen LogP contribution in [0.4, 0.5) is 4.79 Å². The SMILES string of the molecule is Cc1cc(/C=C2\SC(=O)N(Cc3ccc(Cl)c(Cl)c3)C2=O)c(C)n1CCc1ccccc1. The zero-order chi connectivity index (χ0) is 22.8. The van der Waals surface area contributed by atoms with Crippen LogP contribution >= 0.6 is 35.0 Å². The predicted octanol–water partition coefficient (Wildman–Crippen LogP) is 6.89. The van der Waals surface area contributed by atoms with E-state index in [0.717, 1.165) is 47.2 Å². The van der Waals surface area contributed by atoms with E-state index in [-0.39, 0.29) is 17.7 Å². The first kappa shape index (κ1) is 22.7. The van der Waals surface area contributed by atoms with Gasteiger partial charge in [-0.25, -0.2) is 0 Å². The van der Waals surface area contributed by atoms with Crippen molar-refractivity contribution in [3.63, 3.8) is 0 Å². The van der Waals surface area contributed by atoms with Gasteiger partial charge in [-0.15, -0.1) is 0 Å². The largest absolute Gasteiger partial charge is 0.348 e. The monoisotopic (exact) mass is 484 g/mol. The third-order valence-electron chi connectivity index (χ3n) is 5.56. The van der Waals surface area contributed by atoms with E-state index in [2.05, 4.69) is 29.7 Å². The van der Waals surface area contributed by atoms with Gasteiger partial charge in [0.1, 0.15) is 0 Å². The van der Waals surface area contributed by atoms with Crippen LogP contribution < -0.4 is 0 Å². The summed E-state index contributed by atoms with van der Waals surface area (Å²) >= 11 is 13.0. The van der Waals surface area contributed by atoms with Crippen LogP contribution in [0, 0.1) is 13.8 Å². The van der Waals surface area contributed by atoms with Gasteiger partial charge in [0.25, 0.3) is 11.1 Å². The van der Waals surface area contributed by atoms with Crippen LogP contribution in [0.2, 0.25) is 10.0 Å². The quantitative estimate of drug-likeness (QED) is 0.357. The molecule has 0 saturated carbocycles. The van der Waals surface area contributed by atoms with Crippen molar-refractivity contribution in [2.75, 3.05) is 0 Å². The molecule has 7 heteroatoms. The first-order valence-electron chi connectivity index (χ1n) is 10.2. The molecule has 0 spiro atoms. The lowest BCUT2D eigenvalue weighted by Gasteiger charge is -2.13. The molecule has 2 heterocycles. The van der Waals surface area contributed by atoms with Crippen LogP contribution in [0.3, 0.4) is 0 Å². The number of imide groups is 1.